The van der Waals surface area contributed by atoms with Crippen molar-refractivity contribution in [2.75, 3.05) is 7.11 Å². The molecule has 0 bridgehead atoms. The second-order valence-corrected chi connectivity index (χ2v) is 5.24. The lowest BCUT2D eigenvalue weighted by molar-refractivity contribution is 0.170. The van der Waals surface area contributed by atoms with E-state index in [0.29, 0.717) is 6.54 Å². The highest BCUT2D eigenvalue weighted by atomic mass is 16.5. The maximum atomic E-state index is 11.0. The molecule has 0 radical (unpaired) electrons. The summed E-state index contributed by atoms with van der Waals surface area (Å²) in [6, 6.07) is 6.37. The first-order valence-electron chi connectivity index (χ1n) is 5.76. The molecule has 0 aliphatic rings. The summed E-state index contributed by atoms with van der Waals surface area (Å²) in [6.07, 6.45) is -0.398. The SMILES string of the molecule is COC(=O)NCc1cc(C(C)(C)C)ccc1C. The molecule has 1 rings (SSSR count). The number of aryl methyl sites for hydroxylation is 1. The molecule has 0 aliphatic heterocycles. The van der Waals surface area contributed by atoms with Crippen molar-refractivity contribution in [1.29, 1.82) is 0 Å². The van der Waals surface area contributed by atoms with Gasteiger partial charge in [-0.15, -0.1) is 0 Å². The minimum atomic E-state index is -0.398. The highest BCUT2D eigenvalue weighted by Gasteiger charge is 2.14. The second kappa shape index (κ2) is 5.21. The van der Waals surface area contributed by atoms with Gasteiger partial charge in [-0.2, -0.15) is 0 Å². The number of methoxy groups -OCH3 is 1. The Labute approximate surface area is 103 Å². The molecule has 1 aromatic carbocycles. The number of amides is 1. The highest BCUT2D eigenvalue weighted by Crippen LogP contribution is 2.24. The number of hydrogen-bond acceptors (Lipinski definition) is 2. The molecule has 1 amide bonds. The molecule has 1 N–H and O–H groups in total. The Bertz CT molecular complexity index is 405. The van der Waals surface area contributed by atoms with E-state index in [-0.39, 0.29) is 5.41 Å². The Morgan fingerprint density at radius 2 is 2.00 bits per heavy atom. The standard InChI is InChI=1S/C14H21NO2/c1-10-6-7-12(14(2,3)4)8-11(10)9-15-13(16)17-5/h6-8H,9H2,1-5H3,(H,15,16). The molecule has 3 nitrogen and oxygen atoms in total. The minimum absolute atomic E-state index is 0.119. The largest absolute Gasteiger partial charge is 0.453 e. The van der Waals surface area contributed by atoms with Crippen LogP contribution in [0.1, 0.15) is 37.5 Å². The number of rotatable bonds is 2. The summed E-state index contributed by atoms with van der Waals surface area (Å²) in [5, 5.41) is 2.71. The van der Waals surface area contributed by atoms with Crippen LogP contribution in [0.25, 0.3) is 0 Å². The highest BCUT2D eigenvalue weighted by molar-refractivity contribution is 5.67. The van der Waals surface area contributed by atoms with Crippen LogP contribution in [0.5, 0.6) is 0 Å². The molecule has 0 unspecified atom stereocenters. The third kappa shape index (κ3) is 3.77. The van der Waals surface area contributed by atoms with E-state index in [2.05, 4.69) is 49.0 Å². The number of ether oxygens (including phenoxy) is 1. The number of alkyl carbamates (subject to hydrolysis) is 1. The van der Waals surface area contributed by atoms with Gasteiger partial charge in [0.15, 0.2) is 0 Å². The summed E-state index contributed by atoms with van der Waals surface area (Å²) < 4.78 is 4.56. The van der Waals surface area contributed by atoms with Crippen LogP contribution in [-0.4, -0.2) is 13.2 Å². The Hall–Kier alpha value is -1.51. The summed E-state index contributed by atoms with van der Waals surface area (Å²) in [7, 11) is 1.37. The van der Waals surface area contributed by atoms with Crippen molar-refractivity contribution in [3.05, 3.63) is 34.9 Å². The van der Waals surface area contributed by atoms with Gasteiger partial charge in [-0.1, -0.05) is 39.0 Å². The zero-order chi connectivity index (χ0) is 13.1. The zero-order valence-electron chi connectivity index (χ0n) is 11.3. The van der Waals surface area contributed by atoms with Gasteiger partial charge in [0.1, 0.15) is 0 Å². The average Bonchev–Trinajstić information content (AvgIpc) is 2.26. The van der Waals surface area contributed by atoms with Gasteiger partial charge in [-0.3, -0.25) is 0 Å². The summed E-state index contributed by atoms with van der Waals surface area (Å²) in [6.45, 7) is 9.07. The van der Waals surface area contributed by atoms with Crippen LogP contribution in [-0.2, 0) is 16.7 Å². The molecule has 94 valence electrons. The summed E-state index contributed by atoms with van der Waals surface area (Å²) in [4.78, 5) is 11.0. The number of nitrogens with one attached hydrogen (secondary N) is 1. The van der Waals surface area contributed by atoms with Gasteiger partial charge in [0.25, 0.3) is 0 Å². The third-order valence-corrected chi connectivity index (χ3v) is 2.82. The zero-order valence-corrected chi connectivity index (χ0v) is 11.3. The van der Waals surface area contributed by atoms with Crippen molar-refractivity contribution < 1.29 is 9.53 Å². The van der Waals surface area contributed by atoms with Gasteiger partial charge in [0.05, 0.1) is 7.11 Å². The van der Waals surface area contributed by atoms with Gasteiger partial charge in [-0.25, -0.2) is 4.79 Å². The van der Waals surface area contributed by atoms with Crippen LogP contribution in [0.3, 0.4) is 0 Å². The first-order chi connectivity index (χ1) is 7.84. The number of carbonyl (C=O) groups is 1. The quantitative estimate of drug-likeness (QED) is 0.855. The van der Waals surface area contributed by atoms with E-state index in [9.17, 15) is 4.79 Å². The van der Waals surface area contributed by atoms with Crippen LogP contribution in [0.2, 0.25) is 0 Å². The molecule has 0 saturated heterocycles. The fraction of sp³-hybridized carbons (Fsp3) is 0.500. The van der Waals surface area contributed by atoms with Gasteiger partial charge < -0.3 is 10.1 Å². The van der Waals surface area contributed by atoms with E-state index in [4.69, 9.17) is 0 Å². The predicted molar refractivity (Wildman–Crippen MR) is 69.1 cm³/mol. The van der Waals surface area contributed by atoms with Crippen LogP contribution in [0, 0.1) is 6.92 Å². The maximum Gasteiger partial charge on any atom is 0.407 e. The first kappa shape index (κ1) is 13.6. The summed E-state index contributed by atoms with van der Waals surface area (Å²) in [5.74, 6) is 0. The molecule has 0 atom stereocenters. The lowest BCUT2D eigenvalue weighted by Gasteiger charge is -2.21. The smallest absolute Gasteiger partial charge is 0.407 e. The fourth-order valence-electron chi connectivity index (χ4n) is 1.57. The molecular formula is C14H21NO2. The van der Waals surface area contributed by atoms with Crippen LogP contribution in [0.15, 0.2) is 18.2 Å². The predicted octanol–water partition coefficient (Wildman–Crippen LogP) is 3.15. The monoisotopic (exact) mass is 235 g/mol. The molecule has 0 aromatic heterocycles. The van der Waals surface area contributed by atoms with Gasteiger partial charge >= 0.3 is 6.09 Å². The Morgan fingerprint density at radius 3 is 2.53 bits per heavy atom. The molecule has 0 spiro atoms. The van der Waals surface area contributed by atoms with Crippen molar-refractivity contribution in [2.45, 2.75) is 39.7 Å². The minimum Gasteiger partial charge on any atom is -0.453 e. The number of hydrogen-bond donors (Lipinski definition) is 1. The van der Waals surface area contributed by atoms with Gasteiger partial charge in [-0.05, 0) is 29.0 Å². The van der Waals surface area contributed by atoms with E-state index in [0.717, 1.165) is 5.56 Å². The summed E-state index contributed by atoms with van der Waals surface area (Å²) >= 11 is 0. The Kier molecular flexibility index (Phi) is 4.16. The average molecular weight is 235 g/mol. The topological polar surface area (TPSA) is 38.3 Å². The lowest BCUT2D eigenvalue weighted by atomic mass is 9.85. The van der Waals surface area contributed by atoms with Crippen molar-refractivity contribution in [2.24, 2.45) is 0 Å². The normalized spacial score (nSPS) is 11.1. The fourth-order valence-corrected chi connectivity index (χ4v) is 1.57. The molecule has 3 heteroatoms. The second-order valence-electron chi connectivity index (χ2n) is 5.24. The van der Waals surface area contributed by atoms with Crippen molar-refractivity contribution >= 4 is 6.09 Å². The number of carbonyl (C=O) groups excluding carboxylic acids is 1. The molecule has 0 heterocycles. The van der Waals surface area contributed by atoms with Crippen molar-refractivity contribution in [1.82, 2.24) is 5.32 Å². The van der Waals surface area contributed by atoms with Crippen LogP contribution in [0.4, 0.5) is 4.79 Å². The van der Waals surface area contributed by atoms with E-state index in [1.807, 2.05) is 6.92 Å². The molecule has 0 fully saturated rings. The first-order valence-corrected chi connectivity index (χ1v) is 5.76. The van der Waals surface area contributed by atoms with Crippen molar-refractivity contribution in [3.63, 3.8) is 0 Å². The van der Waals surface area contributed by atoms with Gasteiger partial charge in [0.2, 0.25) is 0 Å². The van der Waals surface area contributed by atoms with E-state index in [1.165, 1.54) is 18.2 Å². The molecule has 17 heavy (non-hydrogen) atoms. The maximum absolute atomic E-state index is 11.0. The lowest BCUT2D eigenvalue weighted by Crippen LogP contribution is -2.23. The molecular weight excluding hydrogens is 214 g/mol. The Balaban J connectivity index is 2.88. The van der Waals surface area contributed by atoms with E-state index in [1.54, 1.807) is 0 Å². The van der Waals surface area contributed by atoms with Crippen molar-refractivity contribution in [3.8, 4) is 0 Å². The molecule has 1 aromatic rings. The Morgan fingerprint density at radius 1 is 1.35 bits per heavy atom. The van der Waals surface area contributed by atoms with E-state index < -0.39 is 6.09 Å². The molecule has 0 saturated carbocycles. The summed E-state index contributed by atoms with van der Waals surface area (Å²) in [5.41, 5.74) is 3.69. The van der Waals surface area contributed by atoms with Crippen LogP contribution < -0.4 is 5.32 Å². The van der Waals surface area contributed by atoms with E-state index >= 15 is 0 Å². The molecule has 0 aliphatic carbocycles. The van der Waals surface area contributed by atoms with Crippen LogP contribution >= 0.6 is 0 Å². The third-order valence-electron chi connectivity index (χ3n) is 2.82. The number of benzene rings is 1. The van der Waals surface area contributed by atoms with Gasteiger partial charge in [0, 0.05) is 6.54 Å².